The topological polar surface area (TPSA) is 38.8 Å². The van der Waals surface area contributed by atoms with E-state index in [0.717, 1.165) is 11.6 Å². The second-order valence-electron chi connectivity index (χ2n) is 5.14. The number of carbonyl (C=O) groups excluding carboxylic acids is 1. The van der Waals surface area contributed by atoms with Gasteiger partial charge in [-0.3, -0.25) is 4.79 Å². The Bertz CT molecular complexity index is 726. The van der Waals surface area contributed by atoms with Gasteiger partial charge >= 0.3 is 6.61 Å². The average Bonchev–Trinajstić information content (AvgIpc) is 2.55. The molecule has 0 spiro atoms. The van der Waals surface area contributed by atoms with Gasteiger partial charge in [-0.05, 0) is 35.9 Å². The Morgan fingerprint density at radius 2 is 1.88 bits per heavy atom. The van der Waals surface area contributed by atoms with Crippen molar-refractivity contribution in [3.63, 3.8) is 0 Å². The summed E-state index contributed by atoms with van der Waals surface area (Å²) < 4.78 is 46.7. The fourth-order valence-corrected chi connectivity index (χ4v) is 2.20. The zero-order valence-corrected chi connectivity index (χ0v) is 14.0. The molecule has 0 N–H and O–H groups in total. The highest BCUT2D eigenvalue weighted by atomic mass is 35.5. The molecule has 2 aromatic rings. The van der Waals surface area contributed by atoms with Crippen LogP contribution in [-0.2, 0) is 11.3 Å². The molecule has 0 bridgehead atoms. The van der Waals surface area contributed by atoms with Crippen LogP contribution in [0.5, 0.6) is 11.5 Å². The van der Waals surface area contributed by atoms with E-state index in [2.05, 4.69) is 4.74 Å². The predicted molar refractivity (Wildman–Crippen MR) is 86.5 cm³/mol. The van der Waals surface area contributed by atoms with Crippen molar-refractivity contribution in [2.24, 2.45) is 0 Å². The van der Waals surface area contributed by atoms with Gasteiger partial charge in [0.1, 0.15) is 17.3 Å². The van der Waals surface area contributed by atoms with E-state index in [9.17, 15) is 18.0 Å². The van der Waals surface area contributed by atoms with Crippen LogP contribution < -0.4 is 9.47 Å². The van der Waals surface area contributed by atoms with E-state index in [1.807, 2.05) is 0 Å². The molecule has 2 rings (SSSR count). The van der Waals surface area contributed by atoms with Crippen molar-refractivity contribution in [2.45, 2.75) is 13.2 Å². The molecule has 0 atom stereocenters. The number of halogens is 4. The van der Waals surface area contributed by atoms with Crippen LogP contribution in [0.15, 0.2) is 42.5 Å². The number of likely N-dealkylation sites (N-methyl/N-ethyl adjacent to an activating group) is 1. The highest BCUT2D eigenvalue weighted by molar-refractivity contribution is 6.32. The van der Waals surface area contributed by atoms with Gasteiger partial charge in [0.15, 0.2) is 6.61 Å². The zero-order chi connectivity index (χ0) is 18.4. The Hall–Kier alpha value is -2.41. The Balaban J connectivity index is 1.87. The van der Waals surface area contributed by atoms with Gasteiger partial charge in [-0.15, -0.1) is 0 Å². The summed E-state index contributed by atoms with van der Waals surface area (Å²) in [5, 5.41) is 0.0741. The van der Waals surface area contributed by atoms with Crippen molar-refractivity contribution in [3.8, 4) is 11.5 Å². The molecule has 1 amide bonds. The number of hydrogen-bond acceptors (Lipinski definition) is 3. The van der Waals surface area contributed by atoms with E-state index >= 15 is 0 Å². The van der Waals surface area contributed by atoms with Crippen LogP contribution in [0.25, 0.3) is 0 Å². The fraction of sp³-hybridized carbons (Fsp3) is 0.235. The normalized spacial score (nSPS) is 10.6. The van der Waals surface area contributed by atoms with Crippen molar-refractivity contribution >= 4 is 17.5 Å². The lowest BCUT2D eigenvalue weighted by molar-refractivity contribution is -0.132. The second-order valence-corrected chi connectivity index (χ2v) is 5.54. The standard InChI is InChI=1S/C17H15ClF3NO3/c1-22(9-11-2-5-13(6-3-11)25-17(20)21)16(23)10-24-15-7-4-12(19)8-14(15)18/h2-8,17H,9-10H2,1H3. The largest absolute Gasteiger partial charge is 0.482 e. The summed E-state index contributed by atoms with van der Waals surface area (Å²) in [5.74, 6) is -0.575. The minimum atomic E-state index is -2.88. The van der Waals surface area contributed by atoms with Gasteiger partial charge in [0.2, 0.25) is 0 Å². The van der Waals surface area contributed by atoms with E-state index in [1.165, 1.54) is 29.2 Å². The molecule has 0 heterocycles. The molecular formula is C17H15ClF3NO3. The quantitative estimate of drug-likeness (QED) is 0.733. The molecule has 8 heteroatoms. The molecule has 0 aliphatic heterocycles. The van der Waals surface area contributed by atoms with Crippen LogP contribution in [0.1, 0.15) is 5.56 Å². The molecule has 0 fully saturated rings. The van der Waals surface area contributed by atoms with E-state index in [0.29, 0.717) is 0 Å². The highest BCUT2D eigenvalue weighted by Crippen LogP contribution is 2.24. The maximum Gasteiger partial charge on any atom is 0.387 e. The fourth-order valence-electron chi connectivity index (χ4n) is 1.98. The molecule has 134 valence electrons. The van der Waals surface area contributed by atoms with E-state index in [4.69, 9.17) is 16.3 Å². The minimum absolute atomic E-state index is 0.0435. The van der Waals surface area contributed by atoms with Crippen LogP contribution >= 0.6 is 11.6 Å². The minimum Gasteiger partial charge on any atom is -0.482 e. The first-order chi connectivity index (χ1) is 11.8. The van der Waals surface area contributed by atoms with Crippen LogP contribution in [0.4, 0.5) is 13.2 Å². The molecule has 0 unspecified atom stereocenters. The lowest BCUT2D eigenvalue weighted by Gasteiger charge is -2.18. The Kier molecular flexibility index (Phi) is 6.52. The van der Waals surface area contributed by atoms with Crippen LogP contribution in [0.2, 0.25) is 5.02 Å². The molecule has 0 saturated carbocycles. The first-order valence-corrected chi connectivity index (χ1v) is 7.58. The molecule has 0 radical (unpaired) electrons. The average molecular weight is 374 g/mol. The van der Waals surface area contributed by atoms with Crippen LogP contribution in [0.3, 0.4) is 0 Å². The molecule has 0 aromatic heterocycles. The van der Waals surface area contributed by atoms with Crippen LogP contribution in [0, 0.1) is 5.82 Å². The van der Waals surface area contributed by atoms with Gasteiger partial charge in [-0.2, -0.15) is 8.78 Å². The van der Waals surface area contributed by atoms with Gasteiger partial charge in [-0.1, -0.05) is 23.7 Å². The lowest BCUT2D eigenvalue weighted by atomic mass is 10.2. The zero-order valence-electron chi connectivity index (χ0n) is 13.2. The van der Waals surface area contributed by atoms with E-state index < -0.39 is 12.4 Å². The number of rotatable bonds is 7. The van der Waals surface area contributed by atoms with Crippen molar-refractivity contribution < 1.29 is 27.4 Å². The monoisotopic (exact) mass is 373 g/mol. The highest BCUT2D eigenvalue weighted by Gasteiger charge is 2.12. The van der Waals surface area contributed by atoms with Gasteiger partial charge in [0.05, 0.1) is 5.02 Å². The number of benzene rings is 2. The number of carbonyl (C=O) groups is 1. The first-order valence-electron chi connectivity index (χ1n) is 7.20. The van der Waals surface area contributed by atoms with Crippen molar-refractivity contribution in [3.05, 3.63) is 58.9 Å². The summed E-state index contributed by atoms with van der Waals surface area (Å²) in [6.07, 6.45) is 0. The maximum absolute atomic E-state index is 12.9. The number of amides is 1. The molecule has 0 aliphatic carbocycles. The summed E-state index contributed by atoms with van der Waals surface area (Å²) in [4.78, 5) is 13.5. The predicted octanol–water partition coefficient (Wildman–Crippen LogP) is 4.12. The van der Waals surface area contributed by atoms with Crippen LogP contribution in [-0.4, -0.2) is 31.1 Å². The maximum atomic E-state index is 12.9. The SMILES string of the molecule is CN(Cc1ccc(OC(F)F)cc1)C(=O)COc1ccc(F)cc1Cl. The third-order valence-corrected chi connectivity index (χ3v) is 3.53. The number of hydrogen-bond donors (Lipinski definition) is 0. The summed E-state index contributed by atoms with van der Waals surface area (Å²) in [5.41, 5.74) is 0.734. The van der Waals surface area contributed by atoms with Gasteiger partial charge in [0.25, 0.3) is 5.91 Å². The molecule has 4 nitrogen and oxygen atoms in total. The smallest absolute Gasteiger partial charge is 0.387 e. The Morgan fingerprint density at radius 1 is 1.20 bits per heavy atom. The molecule has 25 heavy (non-hydrogen) atoms. The third-order valence-electron chi connectivity index (χ3n) is 3.24. The Labute approximate surface area is 147 Å². The summed E-state index contributed by atoms with van der Waals surface area (Å²) in [6.45, 7) is -2.89. The van der Waals surface area contributed by atoms with Crippen molar-refractivity contribution in [2.75, 3.05) is 13.7 Å². The van der Waals surface area contributed by atoms with Crippen molar-refractivity contribution in [1.29, 1.82) is 0 Å². The molecule has 0 saturated heterocycles. The number of alkyl halides is 2. The van der Waals surface area contributed by atoms with E-state index in [-0.39, 0.29) is 35.6 Å². The lowest BCUT2D eigenvalue weighted by Crippen LogP contribution is -2.31. The molecule has 0 aliphatic rings. The Morgan fingerprint density at radius 3 is 2.48 bits per heavy atom. The third kappa shape index (κ3) is 5.86. The molecular weight excluding hydrogens is 359 g/mol. The number of nitrogens with zero attached hydrogens (tertiary/aromatic N) is 1. The van der Waals surface area contributed by atoms with Gasteiger partial charge in [-0.25, -0.2) is 4.39 Å². The van der Waals surface area contributed by atoms with Gasteiger partial charge < -0.3 is 14.4 Å². The first kappa shape index (κ1) is 18.9. The summed E-state index contributed by atoms with van der Waals surface area (Å²) in [7, 11) is 1.57. The summed E-state index contributed by atoms with van der Waals surface area (Å²) >= 11 is 5.82. The van der Waals surface area contributed by atoms with Crippen molar-refractivity contribution in [1.82, 2.24) is 4.90 Å². The van der Waals surface area contributed by atoms with E-state index in [1.54, 1.807) is 19.2 Å². The number of ether oxygens (including phenoxy) is 2. The second kappa shape index (κ2) is 8.62. The molecule has 2 aromatic carbocycles. The summed E-state index contributed by atoms with van der Waals surface area (Å²) in [6, 6.07) is 9.57. The van der Waals surface area contributed by atoms with Gasteiger partial charge in [0, 0.05) is 13.6 Å².